The van der Waals surface area contributed by atoms with E-state index in [-0.39, 0.29) is 11.7 Å². The van der Waals surface area contributed by atoms with Crippen LogP contribution in [-0.4, -0.2) is 41.8 Å². The number of carbonyl (C=O) groups excluding carboxylic acids is 1. The maximum absolute atomic E-state index is 12.9. The van der Waals surface area contributed by atoms with Crippen LogP contribution in [0.25, 0.3) is 0 Å². The lowest BCUT2D eigenvalue weighted by Crippen LogP contribution is -2.45. The van der Waals surface area contributed by atoms with E-state index in [9.17, 15) is 4.79 Å². The van der Waals surface area contributed by atoms with Crippen LogP contribution in [0.15, 0.2) is 0 Å². The molecule has 0 radical (unpaired) electrons. The van der Waals surface area contributed by atoms with E-state index in [0.29, 0.717) is 17.9 Å². The van der Waals surface area contributed by atoms with Crippen molar-refractivity contribution < 1.29 is 9.53 Å². The molecular weight excluding hydrogens is 264 g/mol. The maximum atomic E-state index is 12.9. The van der Waals surface area contributed by atoms with Crippen LogP contribution >= 0.6 is 0 Å². The molecule has 0 aromatic carbocycles. The highest BCUT2D eigenvalue weighted by molar-refractivity contribution is 5.89. The topological polar surface area (TPSA) is 41.6 Å². The largest absolute Gasteiger partial charge is 0.378 e. The Labute approximate surface area is 128 Å². The summed E-state index contributed by atoms with van der Waals surface area (Å²) in [5, 5.41) is 3.69. The number of carbonyl (C=O) groups is 1. The highest BCUT2D eigenvalue weighted by Gasteiger charge is 2.52. The third-order valence-corrected chi connectivity index (χ3v) is 5.48. The lowest BCUT2D eigenvalue weighted by molar-refractivity contribution is -0.134. The lowest BCUT2D eigenvalue weighted by Gasteiger charge is -2.30. The number of rotatable bonds is 4. The molecule has 120 valence electrons. The van der Waals surface area contributed by atoms with Gasteiger partial charge in [0.05, 0.1) is 17.8 Å². The minimum Gasteiger partial charge on any atom is -0.378 e. The SMILES string of the molecule is CC(C)C1NC2(CCCC2)C(=O)N1CCC1CCCCO1. The van der Waals surface area contributed by atoms with Crippen molar-refractivity contribution in [1.82, 2.24) is 10.2 Å². The van der Waals surface area contributed by atoms with Gasteiger partial charge in [-0.1, -0.05) is 26.7 Å². The molecule has 1 saturated carbocycles. The number of ether oxygens (including phenoxy) is 1. The van der Waals surface area contributed by atoms with Crippen LogP contribution in [0.4, 0.5) is 0 Å². The van der Waals surface area contributed by atoms with Gasteiger partial charge in [0.2, 0.25) is 5.91 Å². The zero-order valence-electron chi connectivity index (χ0n) is 13.6. The summed E-state index contributed by atoms with van der Waals surface area (Å²) in [6.45, 7) is 6.17. The van der Waals surface area contributed by atoms with Crippen LogP contribution in [0.3, 0.4) is 0 Å². The Morgan fingerprint density at radius 2 is 2.05 bits per heavy atom. The van der Waals surface area contributed by atoms with Gasteiger partial charge in [-0.05, 0) is 44.4 Å². The summed E-state index contributed by atoms with van der Waals surface area (Å²) in [5.74, 6) is 0.815. The van der Waals surface area contributed by atoms with Crippen LogP contribution in [0.1, 0.15) is 65.2 Å². The van der Waals surface area contributed by atoms with E-state index >= 15 is 0 Å². The van der Waals surface area contributed by atoms with E-state index in [1.807, 2.05) is 0 Å². The average Bonchev–Trinajstić information content (AvgIpc) is 3.06. The van der Waals surface area contributed by atoms with Crippen LogP contribution < -0.4 is 5.32 Å². The molecule has 1 amide bonds. The van der Waals surface area contributed by atoms with Gasteiger partial charge in [0, 0.05) is 13.2 Å². The van der Waals surface area contributed by atoms with Crippen LogP contribution in [0.5, 0.6) is 0 Å². The van der Waals surface area contributed by atoms with Gasteiger partial charge in [-0.25, -0.2) is 0 Å². The molecule has 2 aliphatic heterocycles. The highest BCUT2D eigenvalue weighted by atomic mass is 16.5. The molecule has 1 N–H and O–H groups in total. The number of nitrogens with one attached hydrogen (secondary N) is 1. The normalized spacial score (nSPS) is 32.5. The standard InChI is InChI=1S/C17H30N2O2/c1-13(2)15-18-17(9-4-5-10-17)16(20)19(15)11-8-14-7-3-6-12-21-14/h13-15,18H,3-12H2,1-2H3. The molecule has 4 heteroatoms. The molecule has 3 fully saturated rings. The van der Waals surface area contributed by atoms with Gasteiger partial charge in [0.25, 0.3) is 0 Å². The van der Waals surface area contributed by atoms with Gasteiger partial charge in [0.15, 0.2) is 0 Å². The van der Waals surface area contributed by atoms with Crippen molar-refractivity contribution in [3.63, 3.8) is 0 Å². The number of hydrogen-bond donors (Lipinski definition) is 1. The monoisotopic (exact) mass is 294 g/mol. The van der Waals surface area contributed by atoms with Crippen LogP contribution in [0, 0.1) is 5.92 Å². The summed E-state index contributed by atoms with van der Waals surface area (Å²) < 4.78 is 5.83. The number of amides is 1. The molecule has 0 bridgehead atoms. The first-order valence-electron chi connectivity index (χ1n) is 8.83. The van der Waals surface area contributed by atoms with E-state index < -0.39 is 0 Å². The van der Waals surface area contributed by atoms with E-state index in [0.717, 1.165) is 38.8 Å². The summed E-state index contributed by atoms with van der Waals surface area (Å²) in [5.41, 5.74) is -0.234. The fraction of sp³-hybridized carbons (Fsp3) is 0.941. The summed E-state index contributed by atoms with van der Waals surface area (Å²) in [6, 6.07) is 0. The Bertz CT molecular complexity index is 371. The molecule has 3 rings (SSSR count). The fourth-order valence-corrected chi connectivity index (χ4v) is 4.25. The number of nitrogens with zero attached hydrogens (tertiary/aromatic N) is 1. The highest BCUT2D eigenvalue weighted by Crippen LogP contribution is 2.38. The first kappa shape index (κ1) is 15.3. The van der Waals surface area contributed by atoms with E-state index in [1.54, 1.807) is 0 Å². The zero-order valence-corrected chi connectivity index (χ0v) is 13.6. The second-order valence-electron chi connectivity index (χ2n) is 7.40. The van der Waals surface area contributed by atoms with Crippen LogP contribution in [0.2, 0.25) is 0 Å². The summed E-state index contributed by atoms with van der Waals surface area (Å²) in [6.07, 6.45) is 9.59. The molecule has 3 aliphatic rings. The second kappa shape index (κ2) is 6.25. The van der Waals surface area contributed by atoms with E-state index in [1.165, 1.54) is 25.7 Å². The van der Waals surface area contributed by atoms with Gasteiger partial charge < -0.3 is 9.64 Å². The zero-order chi connectivity index (χ0) is 14.9. The van der Waals surface area contributed by atoms with Crippen LogP contribution in [-0.2, 0) is 9.53 Å². The summed E-state index contributed by atoms with van der Waals surface area (Å²) in [4.78, 5) is 15.1. The minimum absolute atomic E-state index is 0.208. The van der Waals surface area contributed by atoms with Gasteiger partial charge in [-0.2, -0.15) is 0 Å². The fourth-order valence-electron chi connectivity index (χ4n) is 4.25. The smallest absolute Gasteiger partial charge is 0.244 e. The molecule has 0 aromatic heterocycles. The molecule has 1 aliphatic carbocycles. The second-order valence-corrected chi connectivity index (χ2v) is 7.40. The summed E-state index contributed by atoms with van der Waals surface area (Å²) in [7, 11) is 0. The molecule has 21 heavy (non-hydrogen) atoms. The van der Waals surface area contributed by atoms with Gasteiger partial charge in [-0.15, -0.1) is 0 Å². The van der Waals surface area contributed by atoms with Crippen molar-refractivity contribution in [2.75, 3.05) is 13.2 Å². The predicted octanol–water partition coefficient (Wildman–Crippen LogP) is 2.67. The first-order chi connectivity index (χ1) is 10.1. The van der Waals surface area contributed by atoms with Gasteiger partial charge >= 0.3 is 0 Å². The van der Waals surface area contributed by atoms with Crippen molar-refractivity contribution in [1.29, 1.82) is 0 Å². The van der Waals surface area contributed by atoms with Gasteiger partial charge in [0.1, 0.15) is 0 Å². The van der Waals surface area contributed by atoms with Crippen molar-refractivity contribution in [3.8, 4) is 0 Å². The van der Waals surface area contributed by atoms with Gasteiger partial charge in [-0.3, -0.25) is 10.1 Å². The van der Waals surface area contributed by atoms with Crippen molar-refractivity contribution in [3.05, 3.63) is 0 Å². The Kier molecular flexibility index (Phi) is 4.55. The van der Waals surface area contributed by atoms with E-state index in [4.69, 9.17) is 4.74 Å². The predicted molar refractivity (Wildman–Crippen MR) is 82.9 cm³/mol. The van der Waals surface area contributed by atoms with Crippen molar-refractivity contribution in [2.24, 2.45) is 5.92 Å². The molecule has 2 unspecified atom stereocenters. The molecule has 2 atom stereocenters. The Balaban J connectivity index is 1.64. The average molecular weight is 294 g/mol. The first-order valence-corrected chi connectivity index (χ1v) is 8.83. The van der Waals surface area contributed by atoms with E-state index in [2.05, 4.69) is 24.1 Å². The molecule has 0 aromatic rings. The van der Waals surface area contributed by atoms with Crippen molar-refractivity contribution >= 4 is 5.91 Å². The third kappa shape index (κ3) is 2.98. The Hall–Kier alpha value is -0.610. The number of hydrogen-bond acceptors (Lipinski definition) is 3. The van der Waals surface area contributed by atoms with Crippen molar-refractivity contribution in [2.45, 2.75) is 83.0 Å². The Morgan fingerprint density at radius 3 is 2.67 bits per heavy atom. The minimum atomic E-state index is -0.234. The third-order valence-electron chi connectivity index (χ3n) is 5.48. The summed E-state index contributed by atoms with van der Waals surface area (Å²) >= 11 is 0. The molecular formula is C17H30N2O2. The Morgan fingerprint density at radius 1 is 1.29 bits per heavy atom. The quantitative estimate of drug-likeness (QED) is 0.867. The molecule has 2 heterocycles. The molecule has 1 spiro atoms. The maximum Gasteiger partial charge on any atom is 0.244 e. The molecule has 4 nitrogen and oxygen atoms in total. The molecule has 2 saturated heterocycles. The lowest BCUT2D eigenvalue weighted by atomic mass is 9.98.